The van der Waals surface area contributed by atoms with Crippen LogP contribution in [-0.2, 0) is 23.8 Å². The molecule has 0 heterocycles. The molecule has 376 valence electrons. The largest absolute Gasteiger partial charge is 0.462 e. The molecule has 64 heavy (non-hydrogen) atoms. The van der Waals surface area contributed by atoms with Crippen LogP contribution in [0.5, 0.6) is 0 Å². The Kier molecular flexibility index (Phi) is 53.8. The number of hydrogen-bond donors (Lipinski definition) is 0. The third-order valence-electron chi connectivity index (χ3n) is 12.7. The second-order valence-corrected chi connectivity index (χ2v) is 19.2. The van der Waals surface area contributed by atoms with Gasteiger partial charge in [-0.05, 0) is 57.8 Å². The summed E-state index contributed by atoms with van der Waals surface area (Å²) in [5.41, 5.74) is 0. The van der Waals surface area contributed by atoms with Gasteiger partial charge in [-0.3, -0.25) is 9.59 Å². The van der Waals surface area contributed by atoms with Crippen LogP contribution in [-0.4, -0.2) is 37.9 Å². The lowest BCUT2D eigenvalue weighted by atomic mass is 10.0. The summed E-state index contributed by atoms with van der Waals surface area (Å²) in [7, 11) is 0. The lowest BCUT2D eigenvalue weighted by molar-refractivity contribution is -0.163. The normalized spacial score (nSPS) is 12.4. The summed E-state index contributed by atoms with van der Waals surface area (Å²) >= 11 is 0. The molecule has 1 unspecified atom stereocenters. The Labute approximate surface area is 400 Å². The molecule has 0 aliphatic heterocycles. The highest BCUT2D eigenvalue weighted by Gasteiger charge is 2.17. The van der Waals surface area contributed by atoms with Gasteiger partial charge < -0.3 is 14.2 Å². The molecule has 0 N–H and O–H groups in total. The monoisotopic (exact) mass is 899 g/mol. The fourth-order valence-corrected chi connectivity index (χ4v) is 8.40. The Bertz CT molecular complexity index is 1020. The number of unbranched alkanes of at least 4 members (excludes halogenated alkanes) is 36. The van der Waals surface area contributed by atoms with E-state index in [2.05, 4.69) is 57.2 Å². The molecule has 5 heteroatoms. The van der Waals surface area contributed by atoms with Crippen LogP contribution in [0.2, 0.25) is 0 Å². The summed E-state index contributed by atoms with van der Waals surface area (Å²) in [6.07, 6.45) is 67.3. The van der Waals surface area contributed by atoms with Crippen LogP contribution < -0.4 is 0 Å². The average molecular weight is 900 g/mol. The number of hydrogen-bond acceptors (Lipinski definition) is 5. The summed E-state index contributed by atoms with van der Waals surface area (Å²) in [6.45, 7) is 7.85. The van der Waals surface area contributed by atoms with Gasteiger partial charge in [-0.15, -0.1) is 0 Å². The highest BCUT2D eigenvalue weighted by atomic mass is 16.6. The molecule has 0 aromatic heterocycles. The van der Waals surface area contributed by atoms with Crippen LogP contribution in [0.25, 0.3) is 0 Å². The van der Waals surface area contributed by atoms with Gasteiger partial charge in [0.25, 0.3) is 0 Å². The predicted octanol–water partition coefficient (Wildman–Crippen LogP) is 19.4. The fraction of sp³-hybridized carbons (Fsp3) is 0.864. The number of ether oxygens (including phenoxy) is 3. The van der Waals surface area contributed by atoms with Gasteiger partial charge in [-0.2, -0.15) is 0 Å². The van der Waals surface area contributed by atoms with Crippen molar-refractivity contribution in [3.63, 3.8) is 0 Å². The van der Waals surface area contributed by atoms with Crippen LogP contribution >= 0.6 is 0 Å². The highest BCUT2D eigenvalue weighted by Crippen LogP contribution is 2.16. The standard InChI is InChI=1S/C59H110O5/c1-4-7-10-13-16-19-22-25-27-29-30-31-32-35-37-40-43-46-49-52-58(60)63-56-57(64-59(61)53-50-47-44-41-38-34-24-21-18-15-12-9-6-3)55-62-54-51-48-45-42-39-36-33-28-26-23-20-17-14-11-8-5-2/h16,19,25,27,30-31,57H,4-15,17-18,20-24,26,28-29,32-56H2,1-3H3/b19-16-,27-25-,31-30-. The topological polar surface area (TPSA) is 61.8 Å². The van der Waals surface area contributed by atoms with E-state index in [-0.39, 0.29) is 18.5 Å². The van der Waals surface area contributed by atoms with E-state index in [4.69, 9.17) is 14.2 Å². The van der Waals surface area contributed by atoms with E-state index in [0.717, 1.165) is 57.8 Å². The van der Waals surface area contributed by atoms with Gasteiger partial charge in [0.1, 0.15) is 6.61 Å². The molecule has 1 atom stereocenters. The maximum atomic E-state index is 12.8. The second kappa shape index (κ2) is 55.4. The minimum absolute atomic E-state index is 0.0849. The second-order valence-electron chi connectivity index (χ2n) is 19.2. The molecule has 0 amide bonds. The SMILES string of the molecule is CCCCC/C=C\C/C=C\C/C=C\CCCCCCCCC(=O)OCC(COCCCCCCCCCCCCCCCCCC)OC(=O)CCCCCCCCCCCCCCC. The first-order valence-electron chi connectivity index (χ1n) is 28.5. The molecule has 0 radical (unpaired) electrons. The van der Waals surface area contributed by atoms with Gasteiger partial charge >= 0.3 is 11.9 Å². The third-order valence-corrected chi connectivity index (χ3v) is 12.7. The van der Waals surface area contributed by atoms with Gasteiger partial charge in [0.05, 0.1) is 6.61 Å². The lowest BCUT2D eigenvalue weighted by Crippen LogP contribution is -2.30. The molecule has 0 aliphatic carbocycles. The first kappa shape index (κ1) is 62.1. The van der Waals surface area contributed by atoms with Gasteiger partial charge in [0.2, 0.25) is 0 Å². The van der Waals surface area contributed by atoms with E-state index >= 15 is 0 Å². The van der Waals surface area contributed by atoms with Crippen molar-refractivity contribution in [3.05, 3.63) is 36.5 Å². The molecule has 0 aromatic carbocycles. The van der Waals surface area contributed by atoms with Crippen molar-refractivity contribution in [3.8, 4) is 0 Å². The molecular weight excluding hydrogens is 789 g/mol. The molecule has 0 aliphatic rings. The Morgan fingerprint density at radius 3 is 1.08 bits per heavy atom. The summed E-state index contributed by atoms with van der Waals surface area (Å²) < 4.78 is 17.5. The highest BCUT2D eigenvalue weighted by molar-refractivity contribution is 5.70. The molecule has 0 rings (SSSR count). The third kappa shape index (κ3) is 52.7. The minimum Gasteiger partial charge on any atom is -0.462 e. The molecule has 0 bridgehead atoms. The Morgan fingerprint density at radius 2 is 0.656 bits per heavy atom. The summed E-state index contributed by atoms with van der Waals surface area (Å²) in [5, 5.41) is 0. The molecule has 0 aromatic rings. The minimum atomic E-state index is -0.535. The lowest BCUT2D eigenvalue weighted by Gasteiger charge is -2.18. The Morgan fingerprint density at radius 1 is 0.344 bits per heavy atom. The summed E-state index contributed by atoms with van der Waals surface area (Å²) in [4.78, 5) is 25.5. The zero-order valence-corrected chi connectivity index (χ0v) is 43.3. The Balaban J connectivity index is 4.23. The molecule has 0 saturated heterocycles. The van der Waals surface area contributed by atoms with Crippen LogP contribution in [0.1, 0.15) is 303 Å². The van der Waals surface area contributed by atoms with Crippen molar-refractivity contribution in [1.82, 2.24) is 0 Å². The zero-order valence-electron chi connectivity index (χ0n) is 43.3. The Hall–Kier alpha value is -1.88. The number of allylic oxidation sites excluding steroid dienone is 6. The van der Waals surface area contributed by atoms with Crippen molar-refractivity contribution in [2.24, 2.45) is 0 Å². The average Bonchev–Trinajstić information content (AvgIpc) is 3.30. The van der Waals surface area contributed by atoms with Crippen molar-refractivity contribution in [2.75, 3.05) is 19.8 Å². The van der Waals surface area contributed by atoms with Crippen LogP contribution in [0.3, 0.4) is 0 Å². The van der Waals surface area contributed by atoms with Gasteiger partial charge in [0.15, 0.2) is 6.10 Å². The number of carbonyl (C=O) groups is 2. The van der Waals surface area contributed by atoms with Crippen LogP contribution in [0.15, 0.2) is 36.5 Å². The van der Waals surface area contributed by atoms with Gasteiger partial charge in [-0.1, -0.05) is 269 Å². The maximum absolute atomic E-state index is 12.8. The predicted molar refractivity (Wildman–Crippen MR) is 279 cm³/mol. The van der Waals surface area contributed by atoms with E-state index in [1.165, 1.54) is 212 Å². The number of rotatable bonds is 53. The van der Waals surface area contributed by atoms with E-state index in [9.17, 15) is 9.59 Å². The van der Waals surface area contributed by atoms with Crippen molar-refractivity contribution < 1.29 is 23.8 Å². The molecular formula is C59H110O5. The first-order valence-corrected chi connectivity index (χ1v) is 28.5. The van der Waals surface area contributed by atoms with Crippen molar-refractivity contribution in [1.29, 1.82) is 0 Å². The van der Waals surface area contributed by atoms with Crippen LogP contribution in [0, 0.1) is 0 Å². The summed E-state index contributed by atoms with van der Waals surface area (Å²) in [5.74, 6) is -0.392. The van der Waals surface area contributed by atoms with Crippen molar-refractivity contribution >= 4 is 11.9 Å². The van der Waals surface area contributed by atoms with E-state index < -0.39 is 6.10 Å². The first-order chi connectivity index (χ1) is 31.6. The van der Waals surface area contributed by atoms with Crippen LogP contribution in [0.4, 0.5) is 0 Å². The van der Waals surface area contributed by atoms with Crippen molar-refractivity contribution in [2.45, 2.75) is 309 Å². The van der Waals surface area contributed by atoms with E-state index in [1.54, 1.807) is 0 Å². The molecule has 0 fully saturated rings. The van der Waals surface area contributed by atoms with E-state index in [1.807, 2.05) is 0 Å². The molecule has 0 spiro atoms. The summed E-state index contributed by atoms with van der Waals surface area (Å²) in [6, 6.07) is 0. The quantitative estimate of drug-likeness (QED) is 0.0346. The fourth-order valence-electron chi connectivity index (χ4n) is 8.40. The van der Waals surface area contributed by atoms with E-state index in [0.29, 0.717) is 26.1 Å². The zero-order chi connectivity index (χ0) is 46.3. The van der Waals surface area contributed by atoms with Gasteiger partial charge in [-0.25, -0.2) is 0 Å². The maximum Gasteiger partial charge on any atom is 0.306 e. The molecule has 5 nitrogen and oxygen atoms in total. The number of carbonyl (C=O) groups excluding carboxylic acids is 2. The van der Waals surface area contributed by atoms with Gasteiger partial charge in [0, 0.05) is 19.4 Å². The smallest absolute Gasteiger partial charge is 0.306 e. The number of esters is 2. The molecule has 0 saturated carbocycles.